The third-order valence-corrected chi connectivity index (χ3v) is 7.29. The van der Waals surface area contributed by atoms with E-state index in [9.17, 15) is 9.59 Å². The van der Waals surface area contributed by atoms with Gasteiger partial charge in [0.25, 0.3) is 5.56 Å². The van der Waals surface area contributed by atoms with E-state index in [-0.39, 0.29) is 11.5 Å². The Balaban J connectivity index is 1.56. The minimum Gasteiger partial charge on any atom is -0.444 e. The summed E-state index contributed by atoms with van der Waals surface area (Å²) in [7, 11) is 0. The minimum absolute atomic E-state index is 0.0824. The molecule has 7 heteroatoms. The molecular formula is C30H38N4O3. The molecule has 5 rings (SSSR count). The Labute approximate surface area is 218 Å². The molecule has 7 nitrogen and oxygen atoms in total. The highest BCUT2D eigenvalue weighted by Gasteiger charge is 2.38. The van der Waals surface area contributed by atoms with Gasteiger partial charge in [0.05, 0.1) is 22.6 Å². The van der Waals surface area contributed by atoms with Gasteiger partial charge in [-0.1, -0.05) is 30.3 Å². The molecule has 1 aliphatic heterocycles. The number of fused-ring (bicyclic) bond motifs is 1. The third kappa shape index (κ3) is 6.04. The van der Waals surface area contributed by atoms with Gasteiger partial charge in [0.2, 0.25) is 0 Å². The second kappa shape index (κ2) is 10.7. The maximum Gasteiger partial charge on any atom is 0.408 e. The first-order chi connectivity index (χ1) is 17.8. The summed E-state index contributed by atoms with van der Waals surface area (Å²) in [4.78, 5) is 32.1. The van der Waals surface area contributed by atoms with Crippen molar-refractivity contribution in [3.05, 3.63) is 70.3 Å². The average molecular weight is 503 g/mol. The molecule has 2 atom stereocenters. The van der Waals surface area contributed by atoms with Crippen LogP contribution in [-0.2, 0) is 11.2 Å². The van der Waals surface area contributed by atoms with E-state index >= 15 is 0 Å². The fraction of sp³-hybridized carbons (Fsp3) is 0.500. The second-order valence-corrected chi connectivity index (χ2v) is 11.5. The van der Waals surface area contributed by atoms with Crippen LogP contribution in [0, 0.1) is 11.8 Å². The number of amides is 1. The van der Waals surface area contributed by atoms with Crippen LogP contribution in [-0.4, -0.2) is 34.3 Å². The molecule has 2 heterocycles. The standard InChI is InChI=1S/C30H38N4O3/c1-30(2,3)37-29(36)33-26(22-15-16-22)27-32-24-14-8-11-21(10-7-9-20-17-18-31-19-20)25(24)28(35)34(27)23-12-5-4-6-13-23/h4-6,8,11-14,20,22,26,31H,7,9-10,15-19H2,1-3H3,(H,33,36)/t20?,26-/m0/s1. The van der Waals surface area contributed by atoms with Crippen molar-refractivity contribution in [2.45, 2.75) is 70.9 Å². The molecule has 2 aromatic carbocycles. The Morgan fingerprint density at radius 1 is 1.14 bits per heavy atom. The summed E-state index contributed by atoms with van der Waals surface area (Å²) in [6, 6.07) is 15.2. The van der Waals surface area contributed by atoms with Crippen molar-refractivity contribution in [3.8, 4) is 5.69 Å². The number of nitrogens with zero attached hydrogens (tertiary/aromatic N) is 2. The normalized spacial score (nSPS) is 18.6. The van der Waals surface area contributed by atoms with Gasteiger partial charge in [0, 0.05) is 0 Å². The van der Waals surface area contributed by atoms with Crippen LogP contribution in [0.5, 0.6) is 0 Å². The number of carbonyl (C=O) groups is 1. The predicted octanol–water partition coefficient (Wildman–Crippen LogP) is 5.29. The minimum atomic E-state index is -0.614. The van der Waals surface area contributed by atoms with Crippen molar-refractivity contribution in [1.82, 2.24) is 20.2 Å². The molecule has 196 valence electrons. The SMILES string of the molecule is CC(C)(C)OC(=O)N[C@H](c1nc2cccc(CCCC3CCNC3)c2c(=O)n1-c1ccccc1)C1CC1. The van der Waals surface area contributed by atoms with Crippen LogP contribution in [0.4, 0.5) is 4.79 Å². The summed E-state index contributed by atoms with van der Waals surface area (Å²) in [5.74, 6) is 1.50. The number of ether oxygens (including phenoxy) is 1. The van der Waals surface area contributed by atoms with Gasteiger partial charge in [-0.15, -0.1) is 0 Å². The maximum absolute atomic E-state index is 14.2. The number of aromatic nitrogens is 2. The molecule has 0 radical (unpaired) electrons. The van der Waals surface area contributed by atoms with Crippen LogP contribution in [0.3, 0.4) is 0 Å². The lowest BCUT2D eigenvalue weighted by atomic mass is 9.97. The zero-order valence-electron chi connectivity index (χ0n) is 22.1. The smallest absolute Gasteiger partial charge is 0.408 e. The molecule has 1 saturated heterocycles. The predicted molar refractivity (Wildman–Crippen MR) is 146 cm³/mol. The number of rotatable bonds is 8. The highest BCUT2D eigenvalue weighted by Crippen LogP contribution is 2.41. The highest BCUT2D eigenvalue weighted by molar-refractivity contribution is 5.82. The first-order valence-electron chi connectivity index (χ1n) is 13.6. The number of hydrogen-bond acceptors (Lipinski definition) is 5. The first kappa shape index (κ1) is 25.5. The van der Waals surface area contributed by atoms with Gasteiger partial charge in [0.15, 0.2) is 0 Å². The van der Waals surface area contributed by atoms with Crippen LogP contribution in [0.25, 0.3) is 16.6 Å². The van der Waals surface area contributed by atoms with Crippen LogP contribution in [0.2, 0.25) is 0 Å². The van der Waals surface area contributed by atoms with E-state index in [4.69, 9.17) is 9.72 Å². The molecule has 1 saturated carbocycles. The van der Waals surface area contributed by atoms with Crippen LogP contribution >= 0.6 is 0 Å². The van der Waals surface area contributed by atoms with Gasteiger partial charge in [-0.2, -0.15) is 0 Å². The molecule has 37 heavy (non-hydrogen) atoms. The largest absolute Gasteiger partial charge is 0.444 e. The van der Waals surface area contributed by atoms with Crippen molar-refractivity contribution in [2.75, 3.05) is 13.1 Å². The fourth-order valence-electron chi connectivity index (χ4n) is 5.36. The zero-order valence-corrected chi connectivity index (χ0v) is 22.1. The Hall–Kier alpha value is -3.19. The molecule has 2 aliphatic rings. The Kier molecular flexibility index (Phi) is 7.33. The van der Waals surface area contributed by atoms with Gasteiger partial charge >= 0.3 is 6.09 Å². The van der Waals surface area contributed by atoms with E-state index in [1.165, 1.54) is 6.42 Å². The Morgan fingerprint density at radius 2 is 1.92 bits per heavy atom. The van der Waals surface area contributed by atoms with E-state index in [0.717, 1.165) is 62.4 Å². The average Bonchev–Trinajstić information content (AvgIpc) is 3.57. The van der Waals surface area contributed by atoms with E-state index in [2.05, 4.69) is 16.7 Å². The van der Waals surface area contributed by atoms with Gasteiger partial charge in [-0.05, 0) is 108 Å². The van der Waals surface area contributed by atoms with Crippen LogP contribution in [0.1, 0.15) is 70.3 Å². The number of alkyl carbamates (subject to hydrolysis) is 1. The van der Waals surface area contributed by atoms with Gasteiger partial charge < -0.3 is 15.4 Å². The topological polar surface area (TPSA) is 85.2 Å². The van der Waals surface area contributed by atoms with Crippen molar-refractivity contribution in [3.63, 3.8) is 0 Å². The number of benzene rings is 2. The molecule has 3 aromatic rings. The summed E-state index contributed by atoms with van der Waals surface area (Å²) in [6.07, 6.45) is 5.73. The lowest BCUT2D eigenvalue weighted by Crippen LogP contribution is -2.39. The van der Waals surface area contributed by atoms with Crippen molar-refractivity contribution in [1.29, 1.82) is 0 Å². The van der Waals surface area contributed by atoms with Crippen LogP contribution < -0.4 is 16.2 Å². The van der Waals surface area contributed by atoms with E-state index in [0.29, 0.717) is 16.7 Å². The Morgan fingerprint density at radius 3 is 2.59 bits per heavy atom. The number of nitrogens with one attached hydrogen (secondary N) is 2. The van der Waals surface area contributed by atoms with Crippen LogP contribution in [0.15, 0.2) is 53.3 Å². The summed E-state index contributed by atoms with van der Waals surface area (Å²) >= 11 is 0. The number of para-hydroxylation sites is 1. The molecule has 2 N–H and O–H groups in total. The molecule has 1 aliphatic carbocycles. The molecular weight excluding hydrogens is 464 g/mol. The monoisotopic (exact) mass is 502 g/mol. The second-order valence-electron chi connectivity index (χ2n) is 11.5. The van der Waals surface area contributed by atoms with Gasteiger partial charge in [-0.25, -0.2) is 9.78 Å². The molecule has 0 spiro atoms. The van der Waals surface area contributed by atoms with Crippen molar-refractivity contribution >= 4 is 17.0 Å². The van der Waals surface area contributed by atoms with E-state index in [1.54, 1.807) is 4.57 Å². The summed E-state index contributed by atoms with van der Waals surface area (Å²) in [5, 5.41) is 7.16. The maximum atomic E-state index is 14.2. The van der Waals surface area contributed by atoms with Crippen molar-refractivity contribution < 1.29 is 9.53 Å². The fourth-order valence-corrected chi connectivity index (χ4v) is 5.36. The van der Waals surface area contributed by atoms with Gasteiger partial charge in [0.1, 0.15) is 11.4 Å². The first-order valence-corrected chi connectivity index (χ1v) is 13.6. The Bertz CT molecular complexity index is 1300. The number of hydrogen-bond donors (Lipinski definition) is 2. The van der Waals surface area contributed by atoms with Crippen molar-refractivity contribution in [2.24, 2.45) is 11.8 Å². The molecule has 1 aromatic heterocycles. The summed E-state index contributed by atoms with van der Waals surface area (Å²) in [6.45, 7) is 7.73. The molecule has 1 amide bonds. The van der Waals surface area contributed by atoms with Gasteiger partial charge in [-0.3, -0.25) is 9.36 Å². The summed E-state index contributed by atoms with van der Waals surface area (Å²) in [5.41, 5.74) is 1.78. The lowest BCUT2D eigenvalue weighted by molar-refractivity contribution is 0.0493. The molecule has 0 bridgehead atoms. The molecule has 1 unspecified atom stereocenters. The zero-order chi connectivity index (χ0) is 26.0. The summed E-state index contributed by atoms with van der Waals surface area (Å²) < 4.78 is 7.27. The number of aryl methyl sites for hydroxylation is 1. The third-order valence-electron chi connectivity index (χ3n) is 7.29. The lowest BCUT2D eigenvalue weighted by Gasteiger charge is -2.25. The highest BCUT2D eigenvalue weighted by atomic mass is 16.6. The van der Waals surface area contributed by atoms with E-state index in [1.807, 2.05) is 63.2 Å². The number of carbonyl (C=O) groups excluding carboxylic acids is 1. The van der Waals surface area contributed by atoms with E-state index < -0.39 is 17.7 Å². The molecule has 2 fully saturated rings. The quantitative estimate of drug-likeness (QED) is 0.437.